The van der Waals surface area contributed by atoms with E-state index in [9.17, 15) is 9.59 Å². The van der Waals surface area contributed by atoms with E-state index in [2.05, 4.69) is 0 Å². The van der Waals surface area contributed by atoms with Crippen LogP contribution in [0.2, 0.25) is 0 Å². The second-order valence-corrected chi connectivity index (χ2v) is 5.08. The normalized spacial score (nSPS) is 44.1. The molecule has 2 unspecified atom stereocenters. The molecule has 0 aromatic heterocycles. The predicted molar refractivity (Wildman–Crippen MR) is 44.6 cm³/mol. The molecule has 0 aromatic carbocycles. The first kappa shape index (κ1) is 7.96. The topological polar surface area (TPSA) is 34.1 Å². The third-order valence-electron chi connectivity index (χ3n) is 3.54. The van der Waals surface area contributed by atoms with Crippen molar-refractivity contribution in [2.45, 2.75) is 33.6 Å². The van der Waals surface area contributed by atoms with Crippen molar-refractivity contribution >= 4 is 11.6 Å². The first-order valence-corrected chi connectivity index (χ1v) is 4.44. The summed E-state index contributed by atoms with van der Waals surface area (Å²) in [6, 6.07) is 0. The summed E-state index contributed by atoms with van der Waals surface area (Å²) in [5, 5.41) is 0. The van der Waals surface area contributed by atoms with Crippen LogP contribution in [-0.4, -0.2) is 11.6 Å². The van der Waals surface area contributed by atoms with Gasteiger partial charge in [-0.1, -0.05) is 20.8 Å². The van der Waals surface area contributed by atoms with Gasteiger partial charge in [-0.15, -0.1) is 0 Å². The summed E-state index contributed by atoms with van der Waals surface area (Å²) < 4.78 is 0. The molecule has 0 saturated heterocycles. The Labute approximate surface area is 72.3 Å². The van der Waals surface area contributed by atoms with E-state index in [0.29, 0.717) is 12.8 Å². The van der Waals surface area contributed by atoms with E-state index < -0.39 is 0 Å². The number of carbonyl (C=O) groups excluding carboxylic acids is 2. The Bertz CT molecular complexity index is 278. The van der Waals surface area contributed by atoms with Gasteiger partial charge in [0.1, 0.15) is 11.6 Å². The largest absolute Gasteiger partial charge is 0.299 e. The molecule has 0 heterocycles. The highest BCUT2D eigenvalue weighted by Gasteiger charge is 2.65. The van der Waals surface area contributed by atoms with Gasteiger partial charge in [0.05, 0.1) is 0 Å². The minimum absolute atomic E-state index is 0.0116. The van der Waals surface area contributed by atoms with Crippen molar-refractivity contribution < 1.29 is 9.59 Å². The lowest BCUT2D eigenvalue weighted by molar-refractivity contribution is -0.150. The van der Waals surface area contributed by atoms with Crippen LogP contribution in [0.5, 0.6) is 0 Å². The molecule has 2 saturated carbocycles. The molecule has 0 amide bonds. The highest BCUT2D eigenvalue weighted by molar-refractivity contribution is 6.05. The van der Waals surface area contributed by atoms with E-state index in [1.165, 1.54) is 0 Å². The van der Waals surface area contributed by atoms with Crippen molar-refractivity contribution in [2.75, 3.05) is 0 Å². The maximum Gasteiger partial charge on any atom is 0.140 e. The molecular weight excluding hydrogens is 152 g/mol. The van der Waals surface area contributed by atoms with E-state index >= 15 is 0 Å². The zero-order valence-electron chi connectivity index (χ0n) is 7.81. The molecule has 2 aliphatic carbocycles. The molecule has 12 heavy (non-hydrogen) atoms. The summed E-state index contributed by atoms with van der Waals surface area (Å²) in [6.45, 7) is 5.99. The van der Waals surface area contributed by atoms with Gasteiger partial charge in [0, 0.05) is 24.2 Å². The van der Waals surface area contributed by atoms with Crippen LogP contribution in [0.1, 0.15) is 33.6 Å². The minimum Gasteiger partial charge on any atom is -0.299 e. The van der Waals surface area contributed by atoms with Gasteiger partial charge >= 0.3 is 0 Å². The molecule has 0 spiro atoms. The SMILES string of the molecule is CC1(C)CC(=O)C2(C)CC(=O)C12. The third kappa shape index (κ3) is 0.661. The van der Waals surface area contributed by atoms with Crippen LogP contribution in [0.3, 0.4) is 0 Å². The number of fused-ring (bicyclic) bond motifs is 1. The summed E-state index contributed by atoms with van der Waals surface area (Å²) >= 11 is 0. The Morgan fingerprint density at radius 1 is 1.17 bits per heavy atom. The lowest BCUT2D eigenvalue weighted by Crippen LogP contribution is -2.50. The zero-order valence-corrected chi connectivity index (χ0v) is 7.81. The van der Waals surface area contributed by atoms with Gasteiger partial charge in [-0.2, -0.15) is 0 Å². The standard InChI is InChI=1S/C10H14O2/c1-9(2)5-7(12)10(3)4-6(11)8(9)10/h8H,4-5H2,1-3H3. The molecule has 2 rings (SSSR count). The first-order valence-electron chi connectivity index (χ1n) is 4.44. The second-order valence-electron chi connectivity index (χ2n) is 5.08. The molecule has 0 bridgehead atoms. The summed E-state index contributed by atoms with van der Waals surface area (Å²) in [7, 11) is 0. The lowest BCUT2D eigenvalue weighted by Gasteiger charge is -2.43. The fraction of sp³-hybridized carbons (Fsp3) is 0.800. The molecule has 2 aliphatic rings. The number of hydrogen-bond donors (Lipinski definition) is 0. The average Bonchev–Trinajstić information content (AvgIpc) is 1.94. The average molecular weight is 166 g/mol. The maximum atomic E-state index is 11.6. The van der Waals surface area contributed by atoms with Crippen molar-refractivity contribution in [3.8, 4) is 0 Å². The van der Waals surface area contributed by atoms with Gasteiger partial charge < -0.3 is 0 Å². The first-order chi connectivity index (χ1) is 5.38. The fourth-order valence-electron chi connectivity index (χ4n) is 3.07. The van der Waals surface area contributed by atoms with Crippen LogP contribution >= 0.6 is 0 Å². The fourth-order valence-corrected chi connectivity index (χ4v) is 3.07. The van der Waals surface area contributed by atoms with Crippen LogP contribution < -0.4 is 0 Å². The van der Waals surface area contributed by atoms with Crippen molar-refractivity contribution in [2.24, 2.45) is 16.7 Å². The number of hydrogen-bond acceptors (Lipinski definition) is 2. The summed E-state index contributed by atoms with van der Waals surface area (Å²) in [5.74, 6) is 0.586. The minimum atomic E-state index is -0.291. The van der Waals surface area contributed by atoms with Crippen molar-refractivity contribution in [3.63, 3.8) is 0 Å². The Morgan fingerprint density at radius 3 is 2.08 bits per heavy atom. The zero-order chi connectivity index (χ0) is 9.15. The monoisotopic (exact) mass is 166 g/mol. The second kappa shape index (κ2) is 1.81. The van der Waals surface area contributed by atoms with E-state index in [4.69, 9.17) is 0 Å². The van der Waals surface area contributed by atoms with E-state index in [0.717, 1.165) is 0 Å². The van der Waals surface area contributed by atoms with Crippen LogP contribution in [-0.2, 0) is 9.59 Å². The van der Waals surface area contributed by atoms with Crippen molar-refractivity contribution in [1.82, 2.24) is 0 Å². The van der Waals surface area contributed by atoms with Gasteiger partial charge in [0.15, 0.2) is 0 Å². The number of rotatable bonds is 0. The molecular formula is C10H14O2. The Hall–Kier alpha value is -0.660. The molecule has 66 valence electrons. The quantitative estimate of drug-likeness (QED) is 0.547. The van der Waals surface area contributed by atoms with Crippen LogP contribution in [0, 0.1) is 16.7 Å². The van der Waals surface area contributed by atoms with Crippen molar-refractivity contribution in [3.05, 3.63) is 0 Å². The molecule has 2 nitrogen and oxygen atoms in total. The number of ketones is 2. The molecule has 0 N–H and O–H groups in total. The summed E-state index contributed by atoms with van der Waals surface area (Å²) in [5.41, 5.74) is -0.373. The van der Waals surface area contributed by atoms with Crippen LogP contribution in [0.4, 0.5) is 0 Å². The summed E-state index contributed by atoms with van der Waals surface area (Å²) in [4.78, 5) is 22.9. The Kier molecular flexibility index (Phi) is 1.20. The highest BCUT2D eigenvalue weighted by atomic mass is 16.1. The molecule has 0 radical (unpaired) electrons. The van der Waals surface area contributed by atoms with Gasteiger partial charge in [0.25, 0.3) is 0 Å². The van der Waals surface area contributed by atoms with Crippen molar-refractivity contribution in [1.29, 1.82) is 0 Å². The third-order valence-corrected chi connectivity index (χ3v) is 3.54. The highest BCUT2D eigenvalue weighted by Crippen LogP contribution is 2.60. The molecule has 0 aliphatic heterocycles. The predicted octanol–water partition coefficient (Wildman–Crippen LogP) is 1.58. The Balaban J connectivity index is 2.42. The van der Waals surface area contributed by atoms with Crippen LogP contribution in [0.25, 0.3) is 0 Å². The lowest BCUT2D eigenvalue weighted by atomic mass is 9.57. The smallest absolute Gasteiger partial charge is 0.140 e. The maximum absolute atomic E-state index is 11.6. The van der Waals surface area contributed by atoms with Gasteiger partial charge in [-0.25, -0.2) is 0 Å². The van der Waals surface area contributed by atoms with Crippen LogP contribution in [0.15, 0.2) is 0 Å². The molecule has 2 heteroatoms. The summed E-state index contributed by atoms with van der Waals surface area (Å²) in [6.07, 6.45) is 1.07. The van der Waals surface area contributed by atoms with Gasteiger partial charge in [-0.05, 0) is 5.41 Å². The molecule has 2 atom stereocenters. The van der Waals surface area contributed by atoms with E-state index in [1.807, 2.05) is 20.8 Å². The van der Waals surface area contributed by atoms with E-state index in [-0.39, 0.29) is 28.3 Å². The number of carbonyl (C=O) groups is 2. The Morgan fingerprint density at radius 2 is 1.75 bits per heavy atom. The van der Waals surface area contributed by atoms with Gasteiger partial charge in [-0.3, -0.25) is 9.59 Å². The molecule has 0 aromatic rings. The van der Waals surface area contributed by atoms with Gasteiger partial charge in [0.2, 0.25) is 0 Å². The number of Topliss-reactive ketones (excluding diaryl/α,β-unsaturated/α-hetero) is 2. The van der Waals surface area contributed by atoms with E-state index in [1.54, 1.807) is 0 Å². The molecule has 2 fully saturated rings.